The fourth-order valence-corrected chi connectivity index (χ4v) is 2.56. The van der Waals surface area contributed by atoms with Crippen LogP contribution in [0, 0.1) is 5.92 Å². The molecule has 5 atom stereocenters. The fraction of sp³-hybridized carbons (Fsp3) is 0.765. The predicted octanol–water partition coefficient (Wildman–Crippen LogP) is -0.919. The molecule has 2 amide bonds. The Labute approximate surface area is 148 Å². The molecule has 1 saturated heterocycles. The van der Waals surface area contributed by atoms with Crippen molar-refractivity contribution in [1.82, 2.24) is 10.6 Å². The predicted molar refractivity (Wildman–Crippen MR) is 91.6 cm³/mol. The number of hydrogen-bond acceptors (Lipinski definition) is 6. The monoisotopic (exact) mass is 358 g/mol. The molecule has 1 rings (SSSR count). The Bertz CT molecular complexity index is 468. The van der Waals surface area contributed by atoms with Gasteiger partial charge in [-0.05, 0) is 25.2 Å². The fourth-order valence-electron chi connectivity index (χ4n) is 2.56. The first kappa shape index (κ1) is 21.6. The van der Waals surface area contributed by atoms with E-state index < -0.39 is 36.4 Å². The molecule has 144 valence electrons. The van der Waals surface area contributed by atoms with Crippen LogP contribution in [0.5, 0.6) is 0 Å². The summed E-state index contributed by atoms with van der Waals surface area (Å²) in [6.45, 7) is 4.36. The van der Waals surface area contributed by atoms with Crippen LogP contribution in [-0.2, 0) is 14.3 Å². The van der Waals surface area contributed by atoms with Gasteiger partial charge in [0.2, 0.25) is 5.91 Å². The van der Waals surface area contributed by atoms with Gasteiger partial charge in [-0.25, -0.2) is 0 Å². The molecule has 0 radical (unpaired) electrons. The number of rotatable bonds is 8. The molecule has 0 unspecified atom stereocenters. The minimum absolute atomic E-state index is 0.161. The van der Waals surface area contributed by atoms with Crippen molar-refractivity contribution in [1.29, 1.82) is 0 Å². The lowest BCUT2D eigenvalue weighted by atomic mass is 10.0. The van der Waals surface area contributed by atoms with Crippen LogP contribution in [0.25, 0.3) is 0 Å². The number of methoxy groups -OCH3 is 1. The first-order chi connectivity index (χ1) is 11.8. The molecule has 5 N–H and O–H groups in total. The van der Waals surface area contributed by atoms with Crippen molar-refractivity contribution in [3.63, 3.8) is 0 Å². The van der Waals surface area contributed by atoms with Crippen molar-refractivity contribution in [2.24, 2.45) is 5.92 Å². The summed E-state index contributed by atoms with van der Waals surface area (Å²) in [5.41, 5.74) is 0. The van der Waals surface area contributed by atoms with E-state index in [9.17, 15) is 24.9 Å². The Balaban J connectivity index is 2.71. The highest BCUT2D eigenvalue weighted by molar-refractivity contribution is 5.89. The number of aliphatic hydroxyl groups is 3. The average Bonchev–Trinajstić information content (AvgIpc) is 2.77. The zero-order valence-electron chi connectivity index (χ0n) is 15.0. The van der Waals surface area contributed by atoms with Gasteiger partial charge in [-0.15, -0.1) is 0 Å². The van der Waals surface area contributed by atoms with Crippen molar-refractivity contribution in [3.8, 4) is 0 Å². The number of amides is 2. The molecule has 0 bridgehead atoms. The maximum Gasteiger partial charge on any atom is 0.252 e. The SMILES string of the molecule is CO[C@H](C(=O)N[C@@H]1CCCCNC1=O)[C@@H](O)[C@H](O)[C@@H](O)/C=C/C(C)C. The van der Waals surface area contributed by atoms with Gasteiger partial charge >= 0.3 is 0 Å². The van der Waals surface area contributed by atoms with Gasteiger partial charge in [-0.3, -0.25) is 9.59 Å². The summed E-state index contributed by atoms with van der Waals surface area (Å²) in [5, 5.41) is 35.4. The third-order valence-electron chi connectivity index (χ3n) is 4.07. The summed E-state index contributed by atoms with van der Waals surface area (Å²) in [5.74, 6) is -0.832. The van der Waals surface area contributed by atoms with Gasteiger partial charge in [-0.1, -0.05) is 26.0 Å². The molecule has 0 saturated carbocycles. The van der Waals surface area contributed by atoms with Crippen LogP contribution in [0.3, 0.4) is 0 Å². The number of carbonyl (C=O) groups is 2. The lowest BCUT2D eigenvalue weighted by Crippen LogP contribution is -2.55. The summed E-state index contributed by atoms with van der Waals surface area (Å²) >= 11 is 0. The van der Waals surface area contributed by atoms with Crippen LogP contribution in [-0.4, -0.2) is 71.2 Å². The van der Waals surface area contributed by atoms with Crippen molar-refractivity contribution in [3.05, 3.63) is 12.2 Å². The first-order valence-electron chi connectivity index (χ1n) is 8.61. The van der Waals surface area contributed by atoms with Crippen LogP contribution in [0.15, 0.2) is 12.2 Å². The molecule has 1 aliphatic heterocycles. The Morgan fingerprint density at radius 3 is 2.52 bits per heavy atom. The summed E-state index contributed by atoms with van der Waals surface area (Å²) in [6.07, 6.45) is -0.851. The third-order valence-corrected chi connectivity index (χ3v) is 4.07. The molecule has 0 spiro atoms. The van der Waals surface area contributed by atoms with E-state index in [0.29, 0.717) is 13.0 Å². The summed E-state index contributed by atoms with van der Waals surface area (Å²) in [6, 6.07) is -0.706. The quantitative estimate of drug-likeness (QED) is 0.357. The van der Waals surface area contributed by atoms with Crippen molar-refractivity contribution in [2.75, 3.05) is 13.7 Å². The molecule has 1 aliphatic rings. The highest BCUT2D eigenvalue weighted by Gasteiger charge is 2.36. The molecule has 8 heteroatoms. The van der Waals surface area contributed by atoms with Crippen LogP contribution in [0.2, 0.25) is 0 Å². The van der Waals surface area contributed by atoms with Gasteiger partial charge in [0.15, 0.2) is 6.10 Å². The second-order valence-corrected chi connectivity index (χ2v) is 6.60. The van der Waals surface area contributed by atoms with E-state index in [1.807, 2.05) is 13.8 Å². The maximum atomic E-state index is 12.3. The van der Waals surface area contributed by atoms with E-state index in [1.165, 1.54) is 13.2 Å². The highest BCUT2D eigenvalue weighted by atomic mass is 16.5. The van der Waals surface area contributed by atoms with Gasteiger partial charge in [-0.2, -0.15) is 0 Å². The number of carbonyl (C=O) groups excluding carboxylic acids is 2. The normalized spacial score (nSPS) is 23.6. The van der Waals surface area contributed by atoms with Crippen LogP contribution in [0.1, 0.15) is 33.1 Å². The van der Waals surface area contributed by atoms with Gasteiger partial charge in [0, 0.05) is 13.7 Å². The third kappa shape index (κ3) is 6.74. The summed E-state index contributed by atoms with van der Waals surface area (Å²) in [7, 11) is 1.21. The minimum atomic E-state index is -1.65. The van der Waals surface area contributed by atoms with Crippen LogP contribution in [0.4, 0.5) is 0 Å². The number of ether oxygens (including phenoxy) is 1. The zero-order valence-corrected chi connectivity index (χ0v) is 15.0. The highest BCUT2D eigenvalue weighted by Crippen LogP contribution is 2.12. The molecule has 25 heavy (non-hydrogen) atoms. The lowest BCUT2D eigenvalue weighted by Gasteiger charge is -2.28. The number of hydrogen-bond donors (Lipinski definition) is 5. The molecule has 0 aliphatic carbocycles. The van der Waals surface area contributed by atoms with Crippen LogP contribution < -0.4 is 10.6 Å². The van der Waals surface area contributed by atoms with E-state index in [2.05, 4.69) is 10.6 Å². The second-order valence-electron chi connectivity index (χ2n) is 6.60. The molecule has 1 heterocycles. The average molecular weight is 358 g/mol. The number of allylic oxidation sites excluding steroid dienone is 1. The lowest BCUT2D eigenvalue weighted by molar-refractivity contribution is -0.150. The van der Waals surface area contributed by atoms with Crippen molar-refractivity contribution >= 4 is 11.8 Å². The largest absolute Gasteiger partial charge is 0.387 e. The topological polar surface area (TPSA) is 128 Å². The van der Waals surface area contributed by atoms with Crippen molar-refractivity contribution < 1.29 is 29.6 Å². The molecule has 8 nitrogen and oxygen atoms in total. The van der Waals surface area contributed by atoms with Gasteiger partial charge in [0.05, 0.1) is 0 Å². The molecule has 0 aromatic carbocycles. The first-order valence-corrected chi connectivity index (χ1v) is 8.61. The molecular formula is C17H30N2O6. The number of aliphatic hydroxyl groups excluding tert-OH is 3. The molecule has 0 aromatic heterocycles. The molecule has 0 aromatic rings. The van der Waals surface area contributed by atoms with E-state index in [-0.39, 0.29) is 11.8 Å². The Morgan fingerprint density at radius 2 is 1.92 bits per heavy atom. The Morgan fingerprint density at radius 1 is 1.24 bits per heavy atom. The van der Waals surface area contributed by atoms with E-state index >= 15 is 0 Å². The Hall–Kier alpha value is -1.48. The van der Waals surface area contributed by atoms with E-state index in [0.717, 1.165) is 12.8 Å². The van der Waals surface area contributed by atoms with Gasteiger partial charge < -0.3 is 30.7 Å². The van der Waals surface area contributed by atoms with E-state index in [1.54, 1.807) is 6.08 Å². The molecular weight excluding hydrogens is 328 g/mol. The second kappa shape index (κ2) is 10.5. The Kier molecular flexibility index (Phi) is 9.05. The maximum absolute atomic E-state index is 12.3. The standard InChI is InChI=1S/C17H30N2O6/c1-10(2)7-8-12(20)13(21)14(22)15(25-3)17(24)19-11-6-4-5-9-18-16(11)23/h7-8,10-15,20-22H,4-6,9H2,1-3H3,(H,18,23)(H,19,24)/b8-7+/t11-,12+,13-,14+,15+/m1/s1. The van der Waals surface area contributed by atoms with Gasteiger partial charge in [0.1, 0.15) is 24.4 Å². The van der Waals surface area contributed by atoms with E-state index in [4.69, 9.17) is 4.74 Å². The minimum Gasteiger partial charge on any atom is -0.387 e. The summed E-state index contributed by atoms with van der Waals surface area (Å²) < 4.78 is 4.99. The smallest absolute Gasteiger partial charge is 0.252 e. The summed E-state index contributed by atoms with van der Waals surface area (Å²) in [4.78, 5) is 24.2. The van der Waals surface area contributed by atoms with Gasteiger partial charge in [0.25, 0.3) is 5.91 Å². The zero-order chi connectivity index (χ0) is 19.0. The van der Waals surface area contributed by atoms with Crippen LogP contribution >= 0.6 is 0 Å². The van der Waals surface area contributed by atoms with Crippen molar-refractivity contribution in [2.45, 2.75) is 63.6 Å². The number of nitrogens with one attached hydrogen (secondary N) is 2. The molecule has 1 fully saturated rings.